The van der Waals surface area contributed by atoms with Crippen LogP contribution in [0.4, 0.5) is 5.69 Å². The summed E-state index contributed by atoms with van der Waals surface area (Å²) in [5.41, 5.74) is 6.17. The molecule has 2 aliphatic heterocycles. The number of benzene rings is 2. The number of fused-ring (bicyclic) bond motifs is 5. The predicted molar refractivity (Wildman–Crippen MR) is 158 cm³/mol. The lowest BCUT2D eigenvalue weighted by molar-refractivity contribution is -0.129. The molecule has 208 valence electrons. The van der Waals surface area contributed by atoms with E-state index in [4.69, 9.17) is 0 Å². The SMILES string of the molecule is C.CN1CCCN(C(=O)CN2CCn3c(c(C4CCCCC4)c4ccc(C(=O)O)cc43)-c3ccccc32)CC1. The van der Waals surface area contributed by atoms with Crippen LogP contribution in [0.15, 0.2) is 42.5 Å². The van der Waals surface area contributed by atoms with Gasteiger partial charge in [-0.3, -0.25) is 4.79 Å². The van der Waals surface area contributed by atoms with Crippen molar-refractivity contribution in [3.8, 4) is 11.3 Å². The van der Waals surface area contributed by atoms with Gasteiger partial charge in [0.2, 0.25) is 5.91 Å². The minimum absolute atomic E-state index is 0. The van der Waals surface area contributed by atoms with Gasteiger partial charge in [0.05, 0.1) is 17.8 Å². The van der Waals surface area contributed by atoms with Crippen molar-refractivity contribution in [1.29, 1.82) is 0 Å². The quantitative estimate of drug-likeness (QED) is 0.470. The molecule has 0 atom stereocenters. The Bertz CT molecular complexity index is 1360. The van der Waals surface area contributed by atoms with Crippen LogP contribution >= 0.6 is 0 Å². The van der Waals surface area contributed by atoms with Gasteiger partial charge in [-0.2, -0.15) is 0 Å². The molecule has 1 saturated heterocycles. The summed E-state index contributed by atoms with van der Waals surface area (Å²) < 4.78 is 2.34. The molecule has 0 unspecified atom stereocenters. The second kappa shape index (κ2) is 11.4. The van der Waals surface area contributed by atoms with Gasteiger partial charge in [0, 0.05) is 54.9 Å². The van der Waals surface area contributed by atoms with Crippen LogP contribution in [-0.4, -0.2) is 77.7 Å². The number of amides is 1. The van der Waals surface area contributed by atoms with Gasteiger partial charge in [-0.25, -0.2) is 4.79 Å². The van der Waals surface area contributed by atoms with Gasteiger partial charge in [0.15, 0.2) is 0 Å². The maximum absolute atomic E-state index is 13.5. The van der Waals surface area contributed by atoms with Crippen LogP contribution in [0.5, 0.6) is 0 Å². The molecule has 2 fully saturated rings. The summed E-state index contributed by atoms with van der Waals surface area (Å²) in [6.07, 6.45) is 7.09. The zero-order valence-corrected chi connectivity index (χ0v) is 22.4. The Balaban J connectivity index is 0.00000308. The number of rotatable bonds is 4. The molecule has 1 saturated carbocycles. The van der Waals surface area contributed by atoms with E-state index in [2.05, 4.69) is 45.7 Å². The molecular formula is C32H42N4O3. The molecule has 0 bridgehead atoms. The summed E-state index contributed by atoms with van der Waals surface area (Å²) >= 11 is 0. The first kappa shape index (κ1) is 27.3. The normalized spacial score (nSPS) is 18.6. The van der Waals surface area contributed by atoms with Crippen molar-refractivity contribution in [1.82, 2.24) is 14.4 Å². The van der Waals surface area contributed by atoms with E-state index in [0.717, 1.165) is 49.4 Å². The zero-order chi connectivity index (χ0) is 26.2. The standard InChI is InChI=1S/C31H38N4O3.CH4/c1-32-14-7-15-33(17-16-32)28(36)21-34-18-19-35-27-20-23(31(37)38)12-13-24(27)29(22-8-3-2-4-9-22)30(35)25-10-5-6-11-26(25)34;/h5-6,10-13,20,22H,2-4,7-9,14-19,21H2,1H3,(H,37,38);1H4. The first-order valence-corrected chi connectivity index (χ1v) is 14.2. The van der Waals surface area contributed by atoms with Crippen LogP contribution in [0.3, 0.4) is 0 Å². The van der Waals surface area contributed by atoms with Crippen molar-refractivity contribution in [2.24, 2.45) is 0 Å². The number of hydrogen-bond acceptors (Lipinski definition) is 4. The van der Waals surface area contributed by atoms with E-state index in [0.29, 0.717) is 31.1 Å². The van der Waals surface area contributed by atoms with E-state index < -0.39 is 5.97 Å². The Morgan fingerprint density at radius 2 is 1.69 bits per heavy atom. The van der Waals surface area contributed by atoms with Crippen molar-refractivity contribution in [3.63, 3.8) is 0 Å². The second-order valence-electron chi connectivity index (χ2n) is 11.3. The molecule has 39 heavy (non-hydrogen) atoms. The number of carboxylic acids is 1. The number of anilines is 1. The molecule has 1 aliphatic carbocycles. The lowest BCUT2D eigenvalue weighted by Gasteiger charge is -2.28. The monoisotopic (exact) mass is 530 g/mol. The number of carboxylic acid groups (broad SMARTS) is 1. The largest absolute Gasteiger partial charge is 0.478 e. The van der Waals surface area contributed by atoms with Crippen LogP contribution in [0.1, 0.15) is 67.8 Å². The Labute approximate surface area is 232 Å². The Hall–Kier alpha value is -3.32. The van der Waals surface area contributed by atoms with Crippen molar-refractivity contribution in [2.45, 2.75) is 58.4 Å². The zero-order valence-electron chi connectivity index (χ0n) is 22.4. The average Bonchev–Trinajstić information content (AvgIpc) is 3.02. The number of hydrogen-bond donors (Lipinski definition) is 1. The predicted octanol–water partition coefficient (Wildman–Crippen LogP) is 5.67. The summed E-state index contributed by atoms with van der Waals surface area (Å²) in [6, 6.07) is 14.1. The molecule has 3 aromatic rings. The maximum atomic E-state index is 13.5. The van der Waals surface area contributed by atoms with Crippen LogP contribution in [-0.2, 0) is 11.3 Å². The van der Waals surface area contributed by atoms with E-state index in [1.807, 2.05) is 17.0 Å². The molecule has 1 N–H and O–H groups in total. The molecule has 1 amide bonds. The Kier molecular flexibility index (Phi) is 7.98. The minimum Gasteiger partial charge on any atom is -0.478 e. The topological polar surface area (TPSA) is 69.0 Å². The molecule has 3 heterocycles. The van der Waals surface area contributed by atoms with Gasteiger partial charge >= 0.3 is 5.97 Å². The fourth-order valence-corrected chi connectivity index (χ4v) is 6.85. The number of aromatic carboxylic acids is 1. The van der Waals surface area contributed by atoms with Crippen molar-refractivity contribution >= 4 is 28.5 Å². The maximum Gasteiger partial charge on any atom is 0.335 e. The van der Waals surface area contributed by atoms with Crippen LogP contribution in [0.2, 0.25) is 0 Å². The van der Waals surface area contributed by atoms with E-state index in [-0.39, 0.29) is 13.3 Å². The first-order chi connectivity index (χ1) is 18.5. The van der Waals surface area contributed by atoms with Gasteiger partial charge in [-0.1, -0.05) is 51.0 Å². The number of aromatic nitrogens is 1. The summed E-state index contributed by atoms with van der Waals surface area (Å²) in [7, 11) is 2.12. The third-order valence-corrected chi connectivity index (χ3v) is 8.86. The molecule has 0 spiro atoms. The first-order valence-electron chi connectivity index (χ1n) is 14.2. The minimum atomic E-state index is -0.897. The number of likely N-dealkylation sites (N-methyl/N-ethyl adjacent to an activating group) is 1. The number of nitrogens with zero attached hydrogens (tertiary/aromatic N) is 4. The van der Waals surface area contributed by atoms with Crippen LogP contribution < -0.4 is 4.90 Å². The number of carbonyl (C=O) groups is 2. The molecule has 3 aliphatic rings. The van der Waals surface area contributed by atoms with Gasteiger partial charge in [0.1, 0.15) is 0 Å². The highest BCUT2D eigenvalue weighted by molar-refractivity contribution is 6.00. The van der Waals surface area contributed by atoms with Crippen LogP contribution in [0.25, 0.3) is 22.2 Å². The number of carbonyl (C=O) groups excluding carboxylic acids is 1. The summed E-state index contributed by atoms with van der Waals surface area (Å²) in [6.45, 7) is 5.31. The highest BCUT2D eigenvalue weighted by Gasteiger charge is 2.31. The van der Waals surface area contributed by atoms with Gasteiger partial charge in [0.25, 0.3) is 0 Å². The average molecular weight is 531 g/mol. The lowest BCUT2D eigenvalue weighted by atomic mass is 9.81. The van der Waals surface area contributed by atoms with Gasteiger partial charge in [-0.05, 0) is 62.5 Å². The van der Waals surface area contributed by atoms with E-state index in [1.54, 1.807) is 6.07 Å². The summed E-state index contributed by atoms with van der Waals surface area (Å²) in [4.78, 5) is 32.0. The third kappa shape index (κ3) is 5.17. The van der Waals surface area contributed by atoms with Gasteiger partial charge in [-0.15, -0.1) is 0 Å². The highest BCUT2D eigenvalue weighted by Crippen LogP contribution is 2.47. The van der Waals surface area contributed by atoms with Gasteiger partial charge < -0.3 is 24.4 Å². The summed E-state index contributed by atoms with van der Waals surface area (Å²) in [5, 5.41) is 10.9. The number of para-hydroxylation sites is 1. The van der Waals surface area contributed by atoms with Crippen molar-refractivity contribution in [2.75, 3.05) is 51.2 Å². The fourth-order valence-electron chi connectivity index (χ4n) is 6.85. The third-order valence-electron chi connectivity index (χ3n) is 8.86. The Morgan fingerprint density at radius 3 is 2.49 bits per heavy atom. The van der Waals surface area contributed by atoms with E-state index in [1.165, 1.54) is 48.7 Å². The molecule has 0 radical (unpaired) electrons. The molecule has 7 nitrogen and oxygen atoms in total. The lowest BCUT2D eigenvalue weighted by Crippen LogP contribution is -2.42. The fraction of sp³-hybridized carbons (Fsp3) is 0.500. The van der Waals surface area contributed by atoms with Crippen molar-refractivity contribution < 1.29 is 14.7 Å². The second-order valence-corrected chi connectivity index (χ2v) is 11.3. The molecule has 7 heteroatoms. The molecule has 6 rings (SSSR count). The molecular weight excluding hydrogens is 488 g/mol. The summed E-state index contributed by atoms with van der Waals surface area (Å²) in [5.74, 6) is -0.244. The van der Waals surface area contributed by atoms with Crippen LogP contribution in [0, 0.1) is 0 Å². The van der Waals surface area contributed by atoms with Crippen molar-refractivity contribution in [3.05, 3.63) is 53.6 Å². The molecule has 2 aromatic carbocycles. The highest BCUT2D eigenvalue weighted by atomic mass is 16.4. The Morgan fingerprint density at radius 1 is 0.897 bits per heavy atom. The molecule has 1 aromatic heterocycles. The van der Waals surface area contributed by atoms with E-state index in [9.17, 15) is 14.7 Å². The van der Waals surface area contributed by atoms with E-state index >= 15 is 0 Å². The smallest absolute Gasteiger partial charge is 0.335 e.